The zero-order valence-corrected chi connectivity index (χ0v) is 6.27. The van der Waals surface area contributed by atoms with E-state index in [0.717, 1.165) is 14.0 Å². The minimum Gasteiger partial charge on any atom is -0.467 e. The van der Waals surface area contributed by atoms with Crippen LogP contribution >= 0.6 is 0 Å². The second kappa shape index (κ2) is 4.05. The Balaban J connectivity index is 4.12. The molecule has 0 bridgehead atoms. The number of Topliss-reactive ketones (excluding diaryl/α,β-unsaturated/α-hetero) is 1. The molecule has 0 aromatic heterocycles. The van der Waals surface area contributed by atoms with Crippen molar-refractivity contribution in [3.8, 4) is 0 Å². The third-order valence-corrected chi connectivity index (χ3v) is 1.16. The first-order valence-corrected chi connectivity index (χ1v) is 2.95. The van der Waals surface area contributed by atoms with Crippen molar-refractivity contribution in [2.75, 3.05) is 7.11 Å². The molecule has 0 radical (unpaired) electrons. The molecule has 0 saturated heterocycles. The van der Waals surface area contributed by atoms with Crippen molar-refractivity contribution in [2.24, 2.45) is 0 Å². The molecule has 0 aliphatic rings. The van der Waals surface area contributed by atoms with E-state index in [-0.39, 0.29) is 0 Å². The van der Waals surface area contributed by atoms with Crippen molar-refractivity contribution < 1.29 is 24.5 Å². The van der Waals surface area contributed by atoms with Gasteiger partial charge in [0.05, 0.1) is 7.11 Å². The molecule has 0 aromatic carbocycles. The standard InChI is InChI=1S/C6H10O5/c1-3(7)4(8)5(9)6(10)11-2/h4-5,8-9H,1-2H3/t4-,5+/m0/s1. The molecule has 0 aromatic rings. The molecule has 0 spiro atoms. The largest absolute Gasteiger partial charge is 0.467 e. The summed E-state index contributed by atoms with van der Waals surface area (Å²) in [5.74, 6) is -1.70. The maximum atomic E-state index is 10.5. The highest BCUT2D eigenvalue weighted by Gasteiger charge is 2.28. The number of ether oxygens (including phenoxy) is 1. The van der Waals surface area contributed by atoms with Gasteiger partial charge >= 0.3 is 5.97 Å². The highest BCUT2D eigenvalue weighted by Crippen LogP contribution is 1.96. The summed E-state index contributed by atoms with van der Waals surface area (Å²) in [6, 6.07) is 0. The number of carbonyl (C=O) groups is 2. The summed E-state index contributed by atoms with van der Waals surface area (Å²) in [4.78, 5) is 20.9. The number of rotatable bonds is 3. The lowest BCUT2D eigenvalue weighted by Crippen LogP contribution is -2.39. The maximum Gasteiger partial charge on any atom is 0.337 e. The number of aliphatic hydroxyl groups excluding tert-OH is 2. The van der Waals surface area contributed by atoms with Gasteiger partial charge in [-0.3, -0.25) is 4.79 Å². The molecular formula is C6H10O5. The fourth-order valence-electron chi connectivity index (χ4n) is 0.472. The number of carbonyl (C=O) groups excluding carboxylic acids is 2. The molecule has 0 amide bonds. The molecule has 64 valence electrons. The Hall–Kier alpha value is -0.940. The van der Waals surface area contributed by atoms with Gasteiger partial charge in [-0.1, -0.05) is 0 Å². The Bertz CT molecular complexity index is 164. The van der Waals surface area contributed by atoms with Crippen LogP contribution < -0.4 is 0 Å². The van der Waals surface area contributed by atoms with Crippen molar-refractivity contribution in [1.82, 2.24) is 0 Å². The van der Waals surface area contributed by atoms with E-state index in [1.165, 1.54) is 0 Å². The van der Waals surface area contributed by atoms with Crippen LogP contribution in [0.5, 0.6) is 0 Å². The summed E-state index contributed by atoms with van der Waals surface area (Å²) in [6.45, 7) is 1.07. The van der Waals surface area contributed by atoms with Gasteiger partial charge in [0, 0.05) is 0 Å². The van der Waals surface area contributed by atoms with E-state index < -0.39 is 24.0 Å². The highest BCUT2D eigenvalue weighted by atomic mass is 16.5. The Morgan fingerprint density at radius 1 is 1.27 bits per heavy atom. The molecule has 11 heavy (non-hydrogen) atoms. The topological polar surface area (TPSA) is 83.8 Å². The molecule has 2 atom stereocenters. The predicted octanol–water partition coefficient (Wildman–Crippen LogP) is -1.53. The third kappa shape index (κ3) is 2.65. The first-order chi connectivity index (χ1) is 5.00. The highest BCUT2D eigenvalue weighted by molar-refractivity contribution is 5.88. The lowest BCUT2D eigenvalue weighted by Gasteiger charge is -2.11. The van der Waals surface area contributed by atoms with Gasteiger partial charge in [0.15, 0.2) is 11.9 Å². The molecule has 0 heterocycles. The van der Waals surface area contributed by atoms with Crippen molar-refractivity contribution in [2.45, 2.75) is 19.1 Å². The minimum atomic E-state index is -1.78. The number of hydrogen-bond acceptors (Lipinski definition) is 5. The second-order valence-corrected chi connectivity index (χ2v) is 2.02. The van der Waals surface area contributed by atoms with Crippen LogP contribution in [0.3, 0.4) is 0 Å². The molecule has 0 unspecified atom stereocenters. The van der Waals surface area contributed by atoms with Gasteiger partial charge in [0.1, 0.15) is 6.10 Å². The summed E-state index contributed by atoms with van der Waals surface area (Å²) < 4.78 is 4.08. The van der Waals surface area contributed by atoms with Gasteiger partial charge in [-0.25, -0.2) is 4.79 Å². The maximum absolute atomic E-state index is 10.5. The van der Waals surface area contributed by atoms with Crippen LogP contribution in [0.1, 0.15) is 6.92 Å². The van der Waals surface area contributed by atoms with Crippen LogP contribution in [0, 0.1) is 0 Å². The van der Waals surface area contributed by atoms with Gasteiger partial charge in [-0.2, -0.15) is 0 Å². The number of ketones is 1. The smallest absolute Gasteiger partial charge is 0.337 e. The van der Waals surface area contributed by atoms with Gasteiger partial charge in [0.2, 0.25) is 0 Å². The lowest BCUT2D eigenvalue weighted by atomic mass is 10.1. The van der Waals surface area contributed by atoms with Crippen molar-refractivity contribution in [1.29, 1.82) is 0 Å². The Labute approximate surface area is 63.6 Å². The first-order valence-electron chi connectivity index (χ1n) is 2.95. The zero-order valence-electron chi connectivity index (χ0n) is 6.27. The van der Waals surface area contributed by atoms with Gasteiger partial charge < -0.3 is 14.9 Å². The number of methoxy groups -OCH3 is 1. The quantitative estimate of drug-likeness (QED) is 0.492. The van der Waals surface area contributed by atoms with Crippen LogP contribution in [0.15, 0.2) is 0 Å². The Kier molecular flexibility index (Phi) is 3.70. The monoisotopic (exact) mass is 162 g/mol. The minimum absolute atomic E-state index is 0.678. The number of hydrogen-bond donors (Lipinski definition) is 2. The molecule has 0 saturated carbocycles. The van der Waals surface area contributed by atoms with Crippen LogP contribution in [-0.4, -0.2) is 41.3 Å². The fourth-order valence-corrected chi connectivity index (χ4v) is 0.472. The lowest BCUT2D eigenvalue weighted by molar-refractivity contribution is -0.160. The fraction of sp³-hybridized carbons (Fsp3) is 0.667. The van der Waals surface area contributed by atoms with E-state index in [2.05, 4.69) is 4.74 Å². The molecule has 0 aliphatic heterocycles. The van der Waals surface area contributed by atoms with E-state index in [9.17, 15) is 9.59 Å². The Morgan fingerprint density at radius 2 is 1.73 bits per heavy atom. The molecule has 0 rings (SSSR count). The number of esters is 1. The van der Waals surface area contributed by atoms with Gasteiger partial charge in [-0.15, -0.1) is 0 Å². The third-order valence-electron chi connectivity index (χ3n) is 1.16. The van der Waals surface area contributed by atoms with Gasteiger partial charge in [0.25, 0.3) is 0 Å². The summed E-state index contributed by atoms with van der Waals surface area (Å²) >= 11 is 0. The van der Waals surface area contributed by atoms with Gasteiger partial charge in [-0.05, 0) is 6.92 Å². The molecule has 2 N–H and O–H groups in total. The second-order valence-electron chi connectivity index (χ2n) is 2.02. The van der Waals surface area contributed by atoms with E-state index in [1.807, 2.05) is 0 Å². The zero-order chi connectivity index (χ0) is 9.02. The van der Waals surface area contributed by atoms with Crippen molar-refractivity contribution in [3.63, 3.8) is 0 Å². The van der Waals surface area contributed by atoms with E-state index in [1.54, 1.807) is 0 Å². The molecular weight excluding hydrogens is 152 g/mol. The summed E-state index contributed by atoms with van der Waals surface area (Å²) in [5, 5.41) is 17.6. The van der Waals surface area contributed by atoms with Crippen LogP contribution in [0.4, 0.5) is 0 Å². The normalized spacial score (nSPS) is 15.3. The first kappa shape index (κ1) is 10.1. The van der Waals surface area contributed by atoms with E-state index >= 15 is 0 Å². The molecule has 5 heteroatoms. The van der Waals surface area contributed by atoms with Crippen LogP contribution in [0.25, 0.3) is 0 Å². The van der Waals surface area contributed by atoms with E-state index in [4.69, 9.17) is 10.2 Å². The van der Waals surface area contributed by atoms with Crippen molar-refractivity contribution >= 4 is 11.8 Å². The van der Waals surface area contributed by atoms with Crippen molar-refractivity contribution in [3.05, 3.63) is 0 Å². The SMILES string of the molecule is COC(=O)[C@H](O)[C@@H](O)C(C)=O. The molecule has 5 nitrogen and oxygen atoms in total. The van der Waals surface area contributed by atoms with Crippen LogP contribution in [0.2, 0.25) is 0 Å². The summed E-state index contributed by atoms with van der Waals surface area (Å²) in [5.41, 5.74) is 0. The van der Waals surface area contributed by atoms with E-state index in [0.29, 0.717) is 0 Å². The number of aliphatic hydroxyl groups is 2. The summed E-state index contributed by atoms with van der Waals surface area (Å²) in [6.07, 6.45) is -3.47. The average Bonchev–Trinajstić information content (AvgIpc) is 2.00. The predicted molar refractivity (Wildman–Crippen MR) is 34.7 cm³/mol. The average molecular weight is 162 g/mol. The molecule has 0 fully saturated rings. The Morgan fingerprint density at radius 3 is 2.00 bits per heavy atom. The molecule has 0 aliphatic carbocycles. The summed E-state index contributed by atoms with van der Waals surface area (Å²) in [7, 11) is 1.05. The van der Waals surface area contributed by atoms with Crippen LogP contribution in [-0.2, 0) is 14.3 Å².